The molecular formula is C17H28N2O. The molecule has 0 fully saturated rings. The van der Waals surface area contributed by atoms with E-state index in [-0.39, 0.29) is 0 Å². The van der Waals surface area contributed by atoms with E-state index < -0.39 is 0 Å². The quantitative estimate of drug-likeness (QED) is 0.790. The summed E-state index contributed by atoms with van der Waals surface area (Å²) in [4.78, 5) is 2.11. The fourth-order valence-corrected chi connectivity index (χ4v) is 1.86. The summed E-state index contributed by atoms with van der Waals surface area (Å²) in [6, 6.07) is 8.69. The van der Waals surface area contributed by atoms with Crippen LogP contribution in [0.25, 0.3) is 6.08 Å². The fourth-order valence-electron chi connectivity index (χ4n) is 1.86. The highest BCUT2D eigenvalue weighted by atomic mass is 16.5. The lowest BCUT2D eigenvalue weighted by molar-refractivity contribution is 0.261. The largest absolute Gasteiger partial charge is 0.492 e. The fraction of sp³-hybridized carbons (Fsp3) is 0.529. The Balaban J connectivity index is 2.55. The molecule has 1 aromatic carbocycles. The normalized spacial score (nSPS) is 13.6. The molecule has 1 aromatic rings. The number of nitrogens with one attached hydrogen (secondary N) is 1. The summed E-state index contributed by atoms with van der Waals surface area (Å²) in [5.41, 5.74) is 2.56. The van der Waals surface area contributed by atoms with Crippen molar-refractivity contribution < 1.29 is 4.74 Å². The van der Waals surface area contributed by atoms with Crippen LogP contribution in [-0.4, -0.2) is 44.7 Å². The van der Waals surface area contributed by atoms with Crippen molar-refractivity contribution >= 4 is 6.08 Å². The van der Waals surface area contributed by atoms with E-state index in [2.05, 4.69) is 49.2 Å². The molecule has 0 aliphatic heterocycles. The summed E-state index contributed by atoms with van der Waals surface area (Å²) < 4.78 is 5.69. The van der Waals surface area contributed by atoms with Gasteiger partial charge in [-0.2, -0.15) is 0 Å². The Hall–Kier alpha value is -1.32. The van der Waals surface area contributed by atoms with Gasteiger partial charge in [0, 0.05) is 12.6 Å². The van der Waals surface area contributed by atoms with E-state index in [0.717, 1.165) is 25.4 Å². The van der Waals surface area contributed by atoms with Crippen LogP contribution in [0, 0.1) is 0 Å². The van der Waals surface area contributed by atoms with Gasteiger partial charge < -0.3 is 15.0 Å². The van der Waals surface area contributed by atoms with Gasteiger partial charge in [0.1, 0.15) is 12.4 Å². The van der Waals surface area contributed by atoms with Crippen molar-refractivity contribution in [1.29, 1.82) is 0 Å². The second-order valence-corrected chi connectivity index (χ2v) is 5.39. The van der Waals surface area contributed by atoms with Crippen molar-refractivity contribution in [2.24, 2.45) is 0 Å². The van der Waals surface area contributed by atoms with Crippen molar-refractivity contribution in [2.75, 3.05) is 33.8 Å². The molecule has 0 radical (unpaired) electrons. The number of nitrogens with zero attached hydrogens (tertiary/aromatic N) is 1. The second kappa shape index (κ2) is 8.77. The van der Waals surface area contributed by atoms with Gasteiger partial charge in [0.15, 0.2) is 0 Å². The molecule has 0 aliphatic rings. The highest BCUT2D eigenvalue weighted by Gasteiger charge is 2.02. The third kappa shape index (κ3) is 6.22. The number of hydrogen-bond acceptors (Lipinski definition) is 3. The van der Waals surface area contributed by atoms with Gasteiger partial charge >= 0.3 is 0 Å². The first-order chi connectivity index (χ1) is 9.52. The third-order valence-electron chi connectivity index (χ3n) is 3.27. The maximum Gasteiger partial charge on any atom is 0.119 e. The maximum absolute atomic E-state index is 5.69. The Morgan fingerprint density at radius 1 is 1.30 bits per heavy atom. The monoisotopic (exact) mass is 276 g/mol. The van der Waals surface area contributed by atoms with Crippen LogP contribution in [0.1, 0.15) is 26.3 Å². The molecule has 3 nitrogen and oxygen atoms in total. The van der Waals surface area contributed by atoms with Gasteiger partial charge in [-0.05, 0) is 52.2 Å². The van der Waals surface area contributed by atoms with E-state index in [1.54, 1.807) is 0 Å². The average Bonchev–Trinajstić information content (AvgIpc) is 2.40. The summed E-state index contributed by atoms with van der Waals surface area (Å²) in [5.74, 6) is 0.932. The second-order valence-electron chi connectivity index (χ2n) is 5.39. The van der Waals surface area contributed by atoms with Gasteiger partial charge in [0.05, 0.1) is 0 Å². The van der Waals surface area contributed by atoms with E-state index in [4.69, 9.17) is 4.74 Å². The smallest absolute Gasteiger partial charge is 0.119 e. The summed E-state index contributed by atoms with van der Waals surface area (Å²) in [5, 5.41) is 3.42. The topological polar surface area (TPSA) is 24.5 Å². The number of hydrogen-bond donors (Lipinski definition) is 1. The lowest BCUT2D eigenvalue weighted by Gasteiger charge is -2.13. The highest BCUT2D eigenvalue weighted by molar-refractivity contribution is 5.54. The van der Waals surface area contributed by atoms with Crippen LogP contribution in [0.4, 0.5) is 0 Å². The molecule has 112 valence electrons. The SMILES string of the molecule is CCNC(C)/C(C)=C/c1ccc(OCCN(C)C)cc1. The Morgan fingerprint density at radius 3 is 2.50 bits per heavy atom. The molecule has 0 aromatic heterocycles. The molecule has 0 amide bonds. The van der Waals surface area contributed by atoms with E-state index in [1.165, 1.54) is 11.1 Å². The Bertz CT molecular complexity index is 410. The molecule has 0 heterocycles. The molecule has 1 N–H and O–H groups in total. The van der Waals surface area contributed by atoms with Gasteiger partial charge in [-0.15, -0.1) is 0 Å². The van der Waals surface area contributed by atoms with Gasteiger partial charge in [0.25, 0.3) is 0 Å². The minimum atomic E-state index is 0.413. The third-order valence-corrected chi connectivity index (χ3v) is 3.27. The van der Waals surface area contributed by atoms with E-state index in [9.17, 15) is 0 Å². The molecule has 1 rings (SSSR count). The molecular weight excluding hydrogens is 248 g/mol. The minimum absolute atomic E-state index is 0.413. The van der Waals surface area contributed by atoms with E-state index in [1.807, 2.05) is 26.2 Å². The Morgan fingerprint density at radius 2 is 1.95 bits per heavy atom. The minimum Gasteiger partial charge on any atom is -0.492 e. The zero-order valence-corrected chi connectivity index (χ0v) is 13.4. The first-order valence-electron chi connectivity index (χ1n) is 7.32. The molecule has 0 aliphatic carbocycles. The van der Waals surface area contributed by atoms with E-state index in [0.29, 0.717) is 6.04 Å². The predicted octanol–water partition coefficient (Wildman–Crippen LogP) is 3.03. The van der Waals surface area contributed by atoms with Gasteiger partial charge in [-0.25, -0.2) is 0 Å². The van der Waals surface area contributed by atoms with Crippen LogP contribution >= 0.6 is 0 Å². The van der Waals surface area contributed by atoms with Crippen LogP contribution in [0.15, 0.2) is 29.8 Å². The van der Waals surface area contributed by atoms with Crippen LogP contribution in [0.5, 0.6) is 5.75 Å². The van der Waals surface area contributed by atoms with Crippen LogP contribution < -0.4 is 10.1 Å². The average molecular weight is 276 g/mol. The number of likely N-dealkylation sites (N-methyl/N-ethyl adjacent to an activating group) is 2. The molecule has 3 heteroatoms. The lowest BCUT2D eigenvalue weighted by atomic mass is 10.1. The van der Waals surface area contributed by atoms with Crippen LogP contribution in [0.2, 0.25) is 0 Å². The van der Waals surface area contributed by atoms with Gasteiger partial charge in [-0.1, -0.05) is 30.7 Å². The molecule has 1 unspecified atom stereocenters. The summed E-state index contributed by atoms with van der Waals surface area (Å²) in [7, 11) is 4.09. The molecule has 0 saturated carbocycles. The predicted molar refractivity (Wildman–Crippen MR) is 87.3 cm³/mol. The summed E-state index contributed by atoms with van der Waals surface area (Å²) >= 11 is 0. The van der Waals surface area contributed by atoms with E-state index >= 15 is 0 Å². The van der Waals surface area contributed by atoms with Crippen molar-refractivity contribution in [2.45, 2.75) is 26.8 Å². The summed E-state index contributed by atoms with van der Waals surface area (Å²) in [6.07, 6.45) is 2.22. The van der Waals surface area contributed by atoms with Crippen molar-refractivity contribution in [3.8, 4) is 5.75 Å². The molecule has 20 heavy (non-hydrogen) atoms. The number of ether oxygens (including phenoxy) is 1. The Labute approximate surface area is 123 Å². The standard InChI is InChI=1S/C17H28N2O/c1-6-18-15(3)14(2)13-16-7-9-17(10-8-16)20-12-11-19(4)5/h7-10,13,15,18H,6,11-12H2,1-5H3/b14-13+. The zero-order valence-electron chi connectivity index (χ0n) is 13.4. The lowest BCUT2D eigenvalue weighted by Crippen LogP contribution is -2.26. The van der Waals surface area contributed by atoms with Gasteiger partial charge in [-0.3, -0.25) is 0 Å². The van der Waals surface area contributed by atoms with Crippen LogP contribution in [-0.2, 0) is 0 Å². The maximum atomic E-state index is 5.69. The highest BCUT2D eigenvalue weighted by Crippen LogP contribution is 2.15. The Kier molecular flexibility index (Phi) is 7.34. The molecule has 0 saturated heterocycles. The van der Waals surface area contributed by atoms with Gasteiger partial charge in [0.2, 0.25) is 0 Å². The number of benzene rings is 1. The molecule has 1 atom stereocenters. The molecule has 0 spiro atoms. The van der Waals surface area contributed by atoms with Crippen molar-refractivity contribution in [3.05, 3.63) is 35.4 Å². The summed E-state index contributed by atoms with van der Waals surface area (Å²) in [6.45, 7) is 9.12. The molecule has 0 bridgehead atoms. The van der Waals surface area contributed by atoms with Crippen molar-refractivity contribution in [3.63, 3.8) is 0 Å². The zero-order chi connectivity index (χ0) is 15.0. The van der Waals surface area contributed by atoms with Crippen LogP contribution in [0.3, 0.4) is 0 Å². The first kappa shape index (κ1) is 16.7. The first-order valence-corrected chi connectivity index (χ1v) is 7.32. The van der Waals surface area contributed by atoms with Crippen molar-refractivity contribution in [1.82, 2.24) is 10.2 Å². The number of rotatable bonds is 8.